The highest BCUT2D eigenvalue weighted by atomic mass is 79.9. The van der Waals surface area contributed by atoms with E-state index in [-0.39, 0.29) is 6.04 Å². The topological polar surface area (TPSA) is 35.2 Å². The van der Waals surface area contributed by atoms with E-state index in [1.165, 1.54) is 0 Å². The van der Waals surface area contributed by atoms with Crippen LogP contribution >= 0.6 is 27.5 Å². The van der Waals surface area contributed by atoms with Gasteiger partial charge < -0.3 is 10.5 Å². The first-order chi connectivity index (χ1) is 9.11. The first kappa shape index (κ1) is 14.4. The molecule has 2 aromatic carbocycles. The molecule has 0 spiro atoms. The molecule has 2 aromatic rings. The molecule has 0 fully saturated rings. The minimum Gasteiger partial charge on any atom is -0.456 e. The van der Waals surface area contributed by atoms with E-state index >= 15 is 0 Å². The minimum atomic E-state index is -0.0257. The number of halogens is 2. The molecule has 4 heteroatoms. The average Bonchev–Trinajstić information content (AvgIpc) is 2.41. The molecule has 0 heterocycles. The summed E-state index contributed by atoms with van der Waals surface area (Å²) in [6, 6.07) is 13.2. The largest absolute Gasteiger partial charge is 0.456 e. The van der Waals surface area contributed by atoms with E-state index in [1.54, 1.807) is 12.1 Å². The normalized spacial score (nSPS) is 12.2. The van der Waals surface area contributed by atoms with Crippen LogP contribution < -0.4 is 10.5 Å². The number of benzene rings is 2. The summed E-state index contributed by atoms with van der Waals surface area (Å²) in [7, 11) is 0. The molecular formula is C15H15BrClNO. The number of rotatable bonds is 4. The van der Waals surface area contributed by atoms with Crippen LogP contribution in [0.15, 0.2) is 46.9 Å². The van der Waals surface area contributed by atoms with E-state index in [1.807, 2.05) is 30.3 Å². The van der Waals surface area contributed by atoms with Gasteiger partial charge in [0, 0.05) is 16.6 Å². The van der Waals surface area contributed by atoms with Crippen molar-refractivity contribution < 1.29 is 4.74 Å². The Labute approximate surface area is 126 Å². The highest BCUT2D eigenvalue weighted by molar-refractivity contribution is 9.10. The molecule has 0 aliphatic heterocycles. The van der Waals surface area contributed by atoms with Crippen LogP contribution in [-0.4, -0.2) is 0 Å². The second-order valence-corrected chi connectivity index (χ2v) is 5.52. The Balaban J connectivity index is 2.33. The van der Waals surface area contributed by atoms with E-state index in [2.05, 4.69) is 22.9 Å². The maximum absolute atomic E-state index is 6.10. The molecule has 2 rings (SSSR count). The Bertz CT molecular complexity index is 574. The van der Waals surface area contributed by atoms with Gasteiger partial charge in [0.2, 0.25) is 0 Å². The van der Waals surface area contributed by atoms with Crippen molar-refractivity contribution in [2.45, 2.75) is 19.4 Å². The molecule has 0 aliphatic carbocycles. The summed E-state index contributed by atoms with van der Waals surface area (Å²) in [6.07, 6.45) is 0.863. The van der Waals surface area contributed by atoms with Crippen LogP contribution in [0.2, 0.25) is 5.02 Å². The van der Waals surface area contributed by atoms with E-state index in [0.29, 0.717) is 5.02 Å². The lowest BCUT2D eigenvalue weighted by atomic mass is 10.0. The molecule has 0 aliphatic rings. The van der Waals surface area contributed by atoms with E-state index in [4.69, 9.17) is 22.1 Å². The summed E-state index contributed by atoms with van der Waals surface area (Å²) < 4.78 is 6.75. The van der Waals surface area contributed by atoms with Crippen LogP contribution in [0, 0.1) is 0 Å². The molecule has 0 amide bonds. The standard InChI is InChI=1S/C15H15BrClNO/c1-2-13(18)11-5-3-4-6-14(11)19-15-8-7-10(17)9-12(15)16/h3-9,13H,2,18H2,1H3. The van der Waals surface area contributed by atoms with E-state index in [9.17, 15) is 0 Å². The molecule has 2 nitrogen and oxygen atoms in total. The summed E-state index contributed by atoms with van der Waals surface area (Å²) in [5, 5.41) is 0.665. The van der Waals surface area contributed by atoms with Gasteiger partial charge in [-0.3, -0.25) is 0 Å². The van der Waals surface area contributed by atoms with Gasteiger partial charge in [-0.25, -0.2) is 0 Å². The lowest BCUT2D eigenvalue weighted by molar-refractivity contribution is 0.466. The van der Waals surface area contributed by atoms with Crippen molar-refractivity contribution >= 4 is 27.5 Å². The van der Waals surface area contributed by atoms with Crippen molar-refractivity contribution in [3.8, 4) is 11.5 Å². The Hall–Kier alpha value is -1.03. The molecular weight excluding hydrogens is 326 g/mol. The molecule has 2 N–H and O–H groups in total. The number of ether oxygens (including phenoxy) is 1. The molecule has 0 radical (unpaired) electrons. The van der Waals surface area contributed by atoms with Crippen molar-refractivity contribution in [3.63, 3.8) is 0 Å². The van der Waals surface area contributed by atoms with E-state index in [0.717, 1.165) is 28.0 Å². The van der Waals surface area contributed by atoms with Crippen molar-refractivity contribution in [1.29, 1.82) is 0 Å². The Morgan fingerprint density at radius 1 is 1.21 bits per heavy atom. The van der Waals surface area contributed by atoms with Gasteiger partial charge in [0.15, 0.2) is 0 Å². The first-order valence-corrected chi connectivity index (χ1v) is 7.26. The number of nitrogens with two attached hydrogens (primary N) is 1. The lowest BCUT2D eigenvalue weighted by Crippen LogP contribution is -2.09. The maximum atomic E-state index is 6.10. The van der Waals surface area contributed by atoms with Crippen LogP contribution in [0.1, 0.15) is 24.9 Å². The second-order valence-electron chi connectivity index (χ2n) is 4.23. The van der Waals surface area contributed by atoms with Crippen molar-refractivity contribution in [2.75, 3.05) is 0 Å². The summed E-state index contributed by atoms with van der Waals surface area (Å²) in [5.41, 5.74) is 7.10. The van der Waals surface area contributed by atoms with Crippen LogP contribution in [0.4, 0.5) is 0 Å². The zero-order valence-electron chi connectivity index (χ0n) is 10.6. The Morgan fingerprint density at radius 3 is 2.63 bits per heavy atom. The predicted molar refractivity (Wildman–Crippen MR) is 82.9 cm³/mol. The maximum Gasteiger partial charge on any atom is 0.141 e. The highest BCUT2D eigenvalue weighted by Gasteiger charge is 2.12. The van der Waals surface area contributed by atoms with Crippen molar-refractivity contribution in [2.24, 2.45) is 5.73 Å². The van der Waals surface area contributed by atoms with Gasteiger partial charge >= 0.3 is 0 Å². The SMILES string of the molecule is CCC(N)c1ccccc1Oc1ccc(Cl)cc1Br. The summed E-state index contributed by atoms with van der Waals surface area (Å²) in [5.74, 6) is 1.50. The molecule has 1 unspecified atom stereocenters. The smallest absolute Gasteiger partial charge is 0.141 e. The van der Waals surface area contributed by atoms with Crippen LogP contribution in [0.5, 0.6) is 11.5 Å². The third-order valence-corrected chi connectivity index (χ3v) is 3.73. The molecule has 0 saturated carbocycles. The lowest BCUT2D eigenvalue weighted by Gasteiger charge is -2.16. The third-order valence-electron chi connectivity index (χ3n) is 2.87. The zero-order chi connectivity index (χ0) is 13.8. The Kier molecular flexibility index (Phi) is 4.86. The molecule has 100 valence electrons. The second kappa shape index (κ2) is 6.42. The number of hydrogen-bond acceptors (Lipinski definition) is 2. The molecule has 0 saturated heterocycles. The Morgan fingerprint density at radius 2 is 1.95 bits per heavy atom. The minimum absolute atomic E-state index is 0.0257. The molecule has 0 aromatic heterocycles. The molecule has 1 atom stereocenters. The zero-order valence-corrected chi connectivity index (χ0v) is 12.9. The first-order valence-electron chi connectivity index (χ1n) is 6.09. The van der Waals surface area contributed by atoms with Crippen molar-refractivity contribution in [3.05, 3.63) is 57.5 Å². The fourth-order valence-electron chi connectivity index (χ4n) is 1.78. The van der Waals surface area contributed by atoms with Gasteiger partial charge in [-0.2, -0.15) is 0 Å². The summed E-state index contributed by atoms with van der Waals surface area (Å²) in [6.45, 7) is 2.06. The third kappa shape index (κ3) is 3.50. The molecule has 0 bridgehead atoms. The van der Waals surface area contributed by atoms with Gasteiger partial charge in [-0.1, -0.05) is 36.7 Å². The van der Waals surface area contributed by atoms with Gasteiger partial charge in [-0.15, -0.1) is 0 Å². The summed E-state index contributed by atoms with van der Waals surface area (Å²) >= 11 is 9.36. The average molecular weight is 341 g/mol. The number of para-hydroxylation sites is 1. The van der Waals surface area contributed by atoms with Gasteiger partial charge in [0.25, 0.3) is 0 Å². The van der Waals surface area contributed by atoms with Gasteiger partial charge in [0.05, 0.1) is 4.47 Å². The summed E-state index contributed by atoms with van der Waals surface area (Å²) in [4.78, 5) is 0. The van der Waals surface area contributed by atoms with Gasteiger partial charge in [-0.05, 0) is 46.6 Å². The quantitative estimate of drug-likeness (QED) is 0.819. The van der Waals surface area contributed by atoms with E-state index < -0.39 is 0 Å². The van der Waals surface area contributed by atoms with Crippen LogP contribution in [0.3, 0.4) is 0 Å². The predicted octanol–water partition coefficient (Wildman–Crippen LogP) is 5.30. The fraction of sp³-hybridized carbons (Fsp3) is 0.200. The fourth-order valence-corrected chi connectivity index (χ4v) is 2.54. The van der Waals surface area contributed by atoms with Crippen molar-refractivity contribution in [1.82, 2.24) is 0 Å². The highest BCUT2D eigenvalue weighted by Crippen LogP contribution is 2.35. The van der Waals surface area contributed by atoms with Crippen LogP contribution in [0.25, 0.3) is 0 Å². The molecule has 19 heavy (non-hydrogen) atoms. The van der Waals surface area contributed by atoms with Gasteiger partial charge in [0.1, 0.15) is 11.5 Å². The monoisotopic (exact) mass is 339 g/mol. The van der Waals surface area contributed by atoms with Crippen LogP contribution in [-0.2, 0) is 0 Å². The number of hydrogen-bond donors (Lipinski definition) is 1.